The molecule has 2 heterocycles. The Morgan fingerprint density at radius 3 is 3.00 bits per heavy atom. The molecule has 0 amide bonds. The maximum Gasteiger partial charge on any atom is 0.195 e. The van der Waals surface area contributed by atoms with Crippen molar-refractivity contribution >= 4 is 17.3 Å². The molecule has 1 aromatic carbocycles. The second-order valence-electron chi connectivity index (χ2n) is 4.23. The summed E-state index contributed by atoms with van der Waals surface area (Å²) in [6.45, 7) is 5.00. The Balaban J connectivity index is 1.90. The van der Waals surface area contributed by atoms with Gasteiger partial charge in [-0.25, -0.2) is 0 Å². The lowest BCUT2D eigenvalue weighted by Gasteiger charge is -2.13. The minimum absolute atomic E-state index is 0.866. The molecule has 84 valence electrons. The van der Waals surface area contributed by atoms with Gasteiger partial charge in [-0.15, -0.1) is 0 Å². The molecule has 4 nitrogen and oxygen atoms in total. The topological polar surface area (TPSA) is 48.5 Å². The number of anilines is 2. The fourth-order valence-electron chi connectivity index (χ4n) is 2.29. The van der Waals surface area contributed by atoms with Crippen LogP contribution in [0.4, 0.5) is 11.4 Å². The van der Waals surface area contributed by atoms with Crippen LogP contribution in [0.1, 0.15) is 11.1 Å². The number of fused-ring (bicyclic) bond motifs is 1. The average molecular weight is 216 g/mol. The second-order valence-corrected chi connectivity index (χ2v) is 4.23. The van der Waals surface area contributed by atoms with Gasteiger partial charge < -0.3 is 16.0 Å². The summed E-state index contributed by atoms with van der Waals surface area (Å²) in [5.41, 5.74) is 5.14. The predicted octanol–water partition coefficient (Wildman–Crippen LogP) is 1.33. The first-order chi connectivity index (χ1) is 7.84. The number of benzene rings is 1. The van der Waals surface area contributed by atoms with Crippen LogP contribution in [-0.2, 0) is 6.42 Å². The van der Waals surface area contributed by atoms with Gasteiger partial charge in [0, 0.05) is 24.5 Å². The molecule has 0 unspecified atom stereocenters. The molecule has 0 bridgehead atoms. The fourth-order valence-corrected chi connectivity index (χ4v) is 2.29. The lowest BCUT2D eigenvalue weighted by Crippen LogP contribution is -2.26. The van der Waals surface area contributed by atoms with E-state index >= 15 is 0 Å². The molecule has 3 rings (SSSR count). The molecule has 0 spiro atoms. The minimum atomic E-state index is 0.866. The van der Waals surface area contributed by atoms with Crippen molar-refractivity contribution < 1.29 is 0 Å². The van der Waals surface area contributed by atoms with Crippen molar-refractivity contribution in [1.82, 2.24) is 5.32 Å². The van der Waals surface area contributed by atoms with Crippen molar-refractivity contribution in [2.75, 3.05) is 30.3 Å². The maximum atomic E-state index is 4.34. The molecular weight excluding hydrogens is 200 g/mol. The highest BCUT2D eigenvalue weighted by molar-refractivity contribution is 5.96. The molecule has 4 heteroatoms. The smallest absolute Gasteiger partial charge is 0.195 e. The van der Waals surface area contributed by atoms with Gasteiger partial charge in [-0.1, -0.05) is 6.07 Å². The van der Waals surface area contributed by atoms with Crippen LogP contribution >= 0.6 is 0 Å². The van der Waals surface area contributed by atoms with E-state index in [4.69, 9.17) is 0 Å². The second kappa shape index (κ2) is 3.70. The van der Waals surface area contributed by atoms with Crippen molar-refractivity contribution in [3.8, 4) is 0 Å². The van der Waals surface area contributed by atoms with Crippen LogP contribution in [0.15, 0.2) is 17.1 Å². The molecule has 0 aliphatic carbocycles. The summed E-state index contributed by atoms with van der Waals surface area (Å²) in [5.74, 6) is 0.890. The number of nitrogens with one attached hydrogen (secondary N) is 3. The number of aliphatic imine (C=N–C) groups is 1. The van der Waals surface area contributed by atoms with E-state index in [1.807, 2.05) is 0 Å². The van der Waals surface area contributed by atoms with Crippen molar-refractivity contribution in [2.24, 2.45) is 4.99 Å². The highest BCUT2D eigenvalue weighted by atomic mass is 15.2. The number of hydrogen-bond acceptors (Lipinski definition) is 4. The zero-order chi connectivity index (χ0) is 11.0. The van der Waals surface area contributed by atoms with E-state index in [-0.39, 0.29) is 0 Å². The molecular formula is C12H16N4. The minimum Gasteiger partial charge on any atom is -0.384 e. The average Bonchev–Trinajstić information content (AvgIpc) is 2.93. The van der Waals surface area contributed by atoms with E-state index in [0.717, 1.165) is 37.7 Å². The molecule has 0 atom stereocenters. The van der Waals surface area contributed by atoms with E-state index in [1.54, 1.807) is 0 Å². The molecule has 16 heavy (non-hydrogen) atoms. The Kier molecular flexibility index (Phi) is 2.20. The van der Waals surface area contributed by atoms with Crippen LogP contribution in [0.3, 0.4) is 0 Å². The maximum absolute atomic E-state index is 4.34. The van der Waals surface area contributed by atoms with E-state index in [0.29, 0.717) is 0 Å². The van der Waals surface area contributed by atoms with Crippen LogP contribution in [-0.4, -0.2) is 25.6 Å². The monoisotopic (exact) mass is 216 g/mol. The molecule has 0 radical (unpaired) electrons. The van der Waals surface area contributed by atoms with Gasteiger partial charge in [0.05, 0.1) is 6.54 Å². The molecule has 1 aromatic rings. The molecule has 0 saturated carbocycles. The third-order valence-electron chi connectivity index (χ3n) is 3.17. The first-order valence-electron chi connectivity index (χ1n) is 5.76. The first-order valence-corrected chi connectivity index (χ1v) is 5.76. The largest absolute Gasteiger partial charge is 0.384 e. The van der Waals surface area contributed by atoms with Gasteiger partial charge in [-0.2, -0.15) is 0 Å². The highest BCUT2D eigenvalue weighted by Crippen LogP contribution is 2.31. The van der Waals surface area contributed by atoms with Gasteiger partial charge in [0.25, 0.3) is 0 Å². The van der Waals surface area contributed by atoms with Gasteiger partial charge >= 0.3 is 0 Å². The summed E-state index contributed by atoms with van der Waals surface area (Å²) in [6, 6.07) is 4.34. The van der Waals surface area contributed by atoms with Gasteiger partial charge in [-0.05, 0) is 30.5 Å². The number of guanidine groups is 1. The summed E-state index contributed by atoms with van der Waals surface area (Å²) in [7, 11) is 0. The zero-order valence-electron chi connectivity index (χ0n) is 9.43. The third-order valence-corrected chi connectivity index (χ3v) is 3.17. The van der Waals surface area contributed by atoms with Crippen molar-refractivity contribution in [3.63, 3.8) is 0 Å². The lowest BCUT2D eigenvalue weighted by atomic mass is 10.1. The van der Waals surface area contributed by atoms with Crippen LogP contribution in [0.5, 0.6) is 0 Å². The molecule has 3 N–H and O–H groups in total. The van der Waals surface area contributed by atoms with E-state index in [1.165, 1.54) is 16.8 Å². The van der Waals surface area contributed by atoms with Crippen LogP contribution in [0.25, 0.3) is 0 Å². The van der Waals surface area contributed by atoms with Crippen LogP contribution in [0, 0.1) is 6.92 Å². The third kappa shape index (κ3) is 1.50. The standard InChI is InChI=1S/C12H16N4/c1-8-10(16-12-14-6-7-15-12)3-2-9-4-5-13-11(8)9/h2-3,13H,4-7H2,1H3,(H2,14,15,16). The quantitative estimate of drug-likeness (QED) is 0.664. The van der Waals surface area contributed by atoms with Crippen molar-refractivity contribution in [3.05, 3.63) is 23.3 Å². The number of nitrogens with zero attached hydrogens (tertiary/aromatic N) is 1. The lowest BCUT2D eigenvalue weighted by molar-refractivity contribution is 0.959. The summed E-state index contributed by atoms with van der Waals surface area (Å²) in [5, 5.41) is 9.99. The fraction of sp³-hybridized carbons (Fsp3) is 0.417. The van der Waals surface area contributed by atoms with Gasteiger partial charge in [0.15, 0.2) is 5.96 Å². The summed E-state index contributed by atoms with van der Waals surface area (Å²) in [4.78, 5) is 4.34. The summed E-state index contributed by atoms with van der Waals surface area (Å²) >= 11 is 0. The number of rotatable bonds is 1. The van der Waals surface area contributed by atoms with Gasteiger partial charge in [0.2, 0.25) is 0 Å². The Hall–Kier alpha value is -1.71. The molecule has 2 aliphatic rings. The molecule has 0 saturated heterocycles. The Bertz CT molecular complexity index is 451. The predicted molar refractivity (Wildman–Crippen MR) is 67.3 cm³/mol. The van der Waals surface area contributed by atoms with E-state index in [2.05, 4.69) is 40.0 Å². The summed E-state index contributed by atoms with van der Waals surface area (Å²) < 4.78 is 0. The Morgan fingerprint density at radius 1 is 1.25 bits per heavy atom. The van der Waals surface area contributed by atoms with Crippen LogP contribution in [0.2, 0.25) is 0 Å². The molecule has 0 aromatic heterocycles. The van der Waals surface area contributed by atoms with E-state index in [9.17, 15) is 0 Å². The normalized spacial score (nSPS) is 17.4. The summed E-state index contributed by atoms with van der Waals surface area (Å²) in [6.07, 6.45) is 1.13. The molecule has 0 fully saturated rings. The van der Waals surface area contributed by atoms with Crippen molar-refractivity contribution in [1.29, 1.82) is 0 Å². The molecule has 2 aliphatic heterocycles. The van der Waals surface area contributed by atoms with Crippen molar-refractivity contribution in [2.45, 2.75) is 13.3 Å². The zero-order valence-corrected chi connectivity index (χ0v) is 9.43. The SMILES string of the molecule is Cc1c(NC2=NCCN2)ccc2c1NCC2. The Morgan fingerprint density at radius 2 is 2.19 bits per heavy atom. The first kappa shape index (κ1) is 9.51. The van der Waals surface area contributed by atoms with Gasteiger partial charge in [-0.3, -0.25) is 4.99 Å². The highest BCUT2D eigenvalue weighted by Gasteiger charge is 2.15. The number of hydrogen-bond donors (Lipinski definition) is 3. The van der Waals surface area contributed by atoms with Gasteiger partial charge in [0.1, 0.15) is 0 Å². The van der Waals surface area contributed by atoms with Crippen LogP contribution < -0.4 is 16.0 Å². The Labute approximate surface area is 95.2 Å². The van der Waals surface area contributed by atoms with E-state index < -0.39 is 0 Å².